The average molecular weight is 642 g/mol. The van der Waals surface area contributed by atoms with Crippen LogP contribution in [0.3, 0.4) is 0 Å². The van der Waals surface area contributed by atoms with E-state index in [9.17, 15) is 0 Å². The molecule has 0 aliphatic carbocycles. The van der Waals surface area contributed by atoms with E-state index >= 15 is 0 Å². The summed E-state index contributed by atoms with van der Waals surface area (Å²) in [5.41, 5.74) is 10.6. The van der Waals surface area contributed by atoms with Crippen molar-refractivity contribution in [3.63, 3.8) is 0 Å². The summed E-state index contributed by atoms with van der Waals surface area (Å²) in [6.07, 6.45) is 0. The summed E-state index contributed by atoms with van der Waals surface area (Å²) < 4.78 is 12.3. The summed E-state index contributed by atoms with van der Waals surface area (Å²) in [6, 6.07) is 55.8. The Morgan fingerprint density at radius 2 is 0.820 bits per heavy atom. The molecule has 50 heavy (non-hydrogen) atoms. The number of furan rings is 2. The van der Waals surface area contributed by atoms with E-state index in [2.05, 4.69) is 103 Å². The fraction of sp³-hybridized carbons (Fsp3) is 0. The van der Waals surface area contributed by atoms with Gasteiger partial charge in [-0.15, -0.1) is 0 Å². The molecule has 10 aromatic rings. The van der Waals surface area contributed by atoms with Gasteiger partial charge in [-0.2, -0.15) is 0 Å². The normalized spacial score (nSPS) is 11.6. The van der Waals surface area contributed by atoms with Gasteiger partial charge in [0.2, 0.25) is 0 Å². The number of nitrogens with zero attached hydrogens (tertiary/aromatic N) is 3. The molecule has 7 aromatic carbocycles. The Bertz CT molecular complexity index is 2870. The number of hydrogen-bond acceptors (Lipinski definition) is 5. The van der Waals surface area contributed by atoms with Crippen LogP contribution in [-0.2, 0) is 0 Å². The van der Waals surface area contributed by atoms with E-state index in [-0.39, 0.29) is 0 Å². The predicted molar refractivity (Wildman–Crippen MR) is 202 cm³/mol. The van der Waals surface area contributed by atoms with Crippen LogP contribution in [0.4, 0.5) is 0 Å². The van der Waals surface area contributed by atoms with Crippen molar-refractivity contribution in [2.45, 2.75) is 0 Å². The summed E-state index contributed by atoms with van der Waals surface area (Å²) in [6.45, 7) is 0. The Hall–Kier alpha value is -6.85. The third-order valence-electron chi connectivity index (χ3n) is 9.35. The van der Waals surface area contributed by atoms with E-state index in [1.54, 1.807) is 0 Å². The fourth-order valence-electron chi connectivity index (χ4n) is 6.91. The van der Waals surface area contributed by atoms with Crippen LogP contribution >= 0.6 is 0 Å². The third-order valence-corrected chi connectivity index (χ3v) is 9.35. The van der Waals surface area contributed by atoms with Gasteiger partial charge in [-0.05, 0) is 64.7 Å². The lowest BCUT2D eigenvalue weighted by Gasteiger charge is -2.10. The highest BCUT2D eigenvalue weighted by atomic mass is 16.3. The molecule has 0 atom stereocenters. The molecular formula is C45H27N3O2. The van der Waals surface area contributed by atoms with Crippen LogP contribution in [0.25, 0.3) is 100 Å². The zero-order chi connectivity index (χ0) is 33.0. The van der Waals surface area contributed by atoms with Gasteiger partial charge in [0.25, 0.3) is 0 Å². The van der Waals surface area contributed by atoms with Crippen molar-refractivity contribution >= 4 is 43.9 Å². The molecule has 0 N–H and O–H groups in total. The third kappa shape index (κ3) is 4.75. The standard InChI is InChI=1S/C45H27N3O2/c1-2-10-28(11-3-1)31-12-8-13-32(26-31)44-46-43(47-45(48-44)33-24-25-40-37(27-33)35-14-4-6-17-38(35)49-40)30-22-20-29(21-23-30)34-16-9-19-41-42(34)36-15-5-7-18-39(36)50-41/h1-27H. The Balaban J connectivity index is 1.12. The molecule has 5 nitrogen and oxygen atoms in total. The minimum atomic E-state index is 0.598. The van der Waals surface area contributed by atoms with Gasteiger partial charge in [-0.1, -0.05) is 121 Å². The first-order chi connectivity index (χ1) is 24.7. The molecule has 3 heterocycles. The summed E-state index contributed by atoms with van der Waals surface area (Å²) in [5.74, 6) is 1.81. The summed E-state index contributed by atoms with van der Waals surface area (Å²) in [7, 11) is 0. The minimum absolute atomic E-state index is 0.598. The smallest absolute Gasteiger partial charge is 0.164 e. The highest BCUT2D eigenvalue weighted by molar-refractivity contribution is 6.12. The lowest BCUT2D eigenvalue weighted by Crippen LogP contribution is -2.00. The minimum Gasteiger partial charge on any atom is -0.456 e. The van der Waals surface area contributed by atoms with Crippen LogP contribution in [0.2, 0.25) is 0 Å². The SMILES string of the molecule is c1ccc(-c2cccc(-c3nc(-c4ccc(-c5cccc6oc7ccccc7c56)cc4)nc(-c4ccc5oc6ccccc6c5c4)n3)c2)cc1. The first kappa shape index (κ1) is 28.2. The molecule has 0 spiro atoms. The van der Waals surface area contributed by atoms with Crippen LogP contribution in [0.15, 0.2) is 173 Å². The Kier molecular flexibility index (Phi) is 6.42. The molecule has 0 unspecified atom stereocenters. The van der Waals surface area contributed by atoms with E-state index in [1.807, 2.05) is 60.7 Å². The zero-order valence-electron chi connectivity index (χ0n) is 26.7. The molecule has 3 aromatic heterocycles. The number of hydrogen-bond donors (Lipinski definition) is 0. The van der Waals surface area contributed by atoms with Gasteiger partial charge in [-0.25, -0.2) is 15.0 Å². The first-order valence-corrected chi connectivity index (χ1v) is 16.6. The quantitative estimate of drug-likeness (QED) is 0.187. The first-order valence-electron chi connectivity index (χ1n) is 16.6. The van der Waals surface area contributed by atoms with Crippen molar-refractivity contribution in [2.24, 2.45) is 0 Å². The average Bonchev–Trinajstić information content (AvgIpc) is 3.76. The van der Waals surface area contributed by atoms with Gasteiger partial charge in [0.1, 0.15) is 22.3 Å². The van der Waals surface area contributed by atoms with Gasteiger partial charge in [0.05, 0.1) is 0 Å². The lowest BCUT2D eigenvalue weighted by molar-refractivity contribution is 0.668. The number of rotatable bonds is 5. The summed E-state index contributed by atoms with van der Waals surface area (Å²) in [5, 5.41) is 4.30. The van der Waals surface area contributed by atoms with Crippen molar-refractivity contribution in [3.8, 4) is 56.4 Å². The number of aromatic nitrogens is 3. The highest BCUT2D eigenvalue weighted by Crippen LogP contribution is 2.38. The van der Waals surface area contributed by atoms with Crippen molar-refractivity contribution in [1.82, 2.24) is 15.0 Å². The second-order valence-corrected chi connectivity index (χ2v) is 12.4. The Morgan fingerprint density at radius 1 is 0.300 bits per heavy atom. The van der Waals surface area contributed by atoms with Crippen LogP contribution < -0.4 is 0 Å². The molecule has 0 saturated carbocycles. The van der Waals surface area contributed by atoms with E-state index in [4.69, 9.17) is 23.8 Å². The Labute approximate surface area is 287 Å². The summed E-state index contributed by atoms with van der Waals surface area (Å²) >= 11 is 0. The Morgan fingerprint density at radius 3 is 1.62 bits per heavy atom. The largest absolute Gasteiger partial charge is 0.456 e. The van der Waals surface area contributed by atoms with Crippen molar-refractivity contribution in [1.29, 1.82) is 0 Å². The van der Waals surface area contributed by atoms with E-state index < -0.39 is 0 Å². The van der Waals surface area contributed by atoms with Gasteiger partial charge < -0.3 is 8.83 Å². The molecular weight excluding hydrogens is 615 g/mol. The maximum Gasteiger partial charge on any atom is 0.164 e. The molecule has 0 saturated heterocycles. The molecule has 234 valence electrons. The van der Waals surface area contributed by atoms with Gasteiger partial charge in [0.15, 0.2) is 17.5 Å². The zero-order valence-corrected chi connectivity index (χ0v) is 26.7. The lowest BCUT2D eigenvalue weighted by atomic mass is 9.98. The number of benzene rings is 7. The van der Waals surface area contributed by atoms with Crippen molar-refractivity contribution in [3.05, 3.63) is 164 Å². The molecule has 0 fully saturated rings. The molecule has 5 heteroatoms. The monoisotopic (exact) mass is 641 g/mol. The highest BCUT2D eigenvalue weighted by Gasteiger charge is 2.17. The maximum absolute atomic E-state index is 6.17. The maximum atomic E-state index is 6.17. The van der Waals surface area contributed by atoms with Crippen LogP contribution in [0.1, 0.15) is 0 Å². The fourth-order valence-corrected chi connectivity index (χ4v) is 6.91. The molecule has 0 radical (unpaired) electrons. The molecule has 10 rings (SSSR count). The van der Waals surface area contributed by atoms with Crippen LogP contribution in [-0.4, -0.2) is 15.0 Å². The molecule has 0 aliphatic rings. The van der Waals surface area contributed by atoms with Crippen LogP contribution in [0.5, 0.6) is 0 Å². The van der Waals surface area contributed by atoms with Crippen molar-refractivity contribution in [2.75, 3.05) is 0 Å². The number of para-hydroxylation sites is 2. The number of fused-ring (bicyclic) bond motifs is 6. The van der Waals surface area contributed by atoms with Gasteiger partial charge in [-0.3, -0.25) is 0 Å². The van der Waals surface area contributed by atoms with E-state index in [0.29, 0.717) is 17.5 Å². The van der Waals surface area contributed by atoms with Gasteiger partial charge in [0, 0.05) is 38.2 Å². The van der Waals surface area contributed by atoms with E-state index in [1.165, 1.54) is 0 Å². The van der Waals surface area contributed by atoms with E-state index in [0.717, 1.165) is 82.8 Å². The van der Waals surface area contributed by atoms with Crippen LogP contribution in [0, 0.1) is 0 Å². The molecule has 0 aliphatic heterocycles. The summed E-state index contributed by atoms with van der Waals surface area (Å²) in [4.78, 5) is 15.2. The second kappa shape index (κ2) is 11.4. The molecule has 0 bridgehead atoms. The van der Waals surface area contributed by atoms with Gasteiger partial charge >= 0.3 is 0 Å². The molecule has 0 amide bonds. The van der Waals surface area contributed by atoms with Crippen molar-refractivity contribution < 1.29 is 8.83 Å². The predicted octanol–water partition coefficient (Wildman–Crippen LogP) is 12.0. The topological polar surface area (TPSA) is 65.0 Å². The second-order valence-electron chi connectivity index (χ2n) is 12.4.